The van der Waals surface area contributed by atoms with Gasteiger partial charge in [-0.3, -0.25) is 4.79 Å². The maximum atomic E-state index is 12.0. The second kappa shape index (κ2) is 6.94. The van der Waals surface area contributed by atoms with Crippen molar-refractivity contribution in [1.29, 1.82) is 0 Å². The number of rotatable bonds is 5. The molecule has 0 fully saturated rings. The number of quaternary nitrogens is 1. The van der Waals surface area contributed by atoms with Crippen molar-refractivity contribution in [3.05, 3.63) is 29.8 Å². The Morgan fingerprint density at radius 2 is 1.71 bits per heavy atom. The average Bonchev–Trinajstić information content (AvgIpc) is 2.37. The van der Waals surface area contributed by atoms with Gasteiger partial charge in [0.05, 0.1) is 20.6 Å². The molecule has 118 valence electrons. The number of benzene rings is 1. The van der Waals surface area contributed by atoms with E-state index in [9.17, 15) is 4.79 Å². The summed E-state index contributed by atoms with van der Waals surface area (Å²) in [7, 11) is 8.31. The number of likely N-dealkylation sites (N-methyl/N-ethyl adjacent to an activating group) is 1. The van der Waals surface area contributed by atoms with Crippen molar-refractivity contribution in [1.82, 2.24) is 5.32 Å². The van der Waals surface area contributed by atoms with E-state index in [-0.39, 0.29) is 17.4 Å². The third-order valence-corrected chi connectivity index (χ3v) is 3.66. The average molecular weight is 292 g/mol. The highest BCUT2D eigenvalue weighted by molar-refractivity contribution is 5.81. The quantitative estimate of drug-likeness (QED) is 0.853. The summed E-state index contributed by atoms with van der Waals surface area (Å²) in [5, 5.41) is 3.07. The van der Waals surface area contributed by atoms with Gasteiger partial charge in [-0.25, -0.2) is 0 Å². The van der Waals surface area contributed by atoms with Crippen LogP contribution >= 0.6 is 0 Å². The summed E-state index contributed by atoms with van der Waals surface area (Å²) in [6, 6.07) is 8.80. The highest BCUT2D eigenvalue weighted by Crippen LogP contribution is 2.17. The van der Waals surface area contributed by atoms with Crippen LogP contribution in [0.1, 0.15) is 32.4 Å². The van der Waals surface area contributed by atoms with Gasteiger partial charge in [-0.1, -0.05) is 32.9 Å². The van der Waals surface area contributed by atoms with Crippen molar-refractivity contribution in [2.24, 2.45) is 5.41 Å². The summed E-state index contributed by atoms with van der Waals surface area (Å²) in [6.07, 6.45) is 0. The standard InChI is InChI=1S/C17H29N3O/c1-17(2,3)16(21)18-12-15(20(6)7)13-8-10-14(11-9-13)19(4)5/h8-11,15H,12H2,1-7H3,(H,18,21)/p+1/t15-/m0/s1. The molecule has 0 bridgehead atoms. The lowest BCUT2D eigenvalue weighted by Gasteiger charge is -2.25. The van der Waals surface area contributed by atoms with E-state index < -0.39 is 0 Å². The van der Waals surface area contributed by atoms with Crippen LogP contribution in [0.4, 0.5) is 5.69 Å². The van der Waals surface area contributed by atoms with Gasteiger partial charge in [0.25, 0.3) is 0 Å². The van der Waals surface area contributed by atoms with Crippen molar-refractivity contribution in [3.63, 3.8) is 0 Å². The zero-order valence-corrected chi connectivity index (χ0v) is 14.4. The molecule has 4 heteroatoms. The van der Waals surface area contributed by atoms with Crippen LogP contribution in [0.5, 0.6) is 0 Å². The lowest BCUT2D eigenvalue weighted by Crippen LogP contribution is -3.07. The molecule has 2 N–H and O–H groups in total. The van der Waals surface area contributed by atoms with E-state index in [1.165, 1.54) is 16.2 Å². The molecule has 0 saturated carbocycles. The molecule has 0 saturated heterocycles. The molecule has 4 nitrogen and oxygen atoms in total. The monoisotopic (exact) mass is 292 g/mol. The van der Waals surface area contributed by atoms with Gasteiger partial charge in [0.1, 0.15) is 6.04 Å². The summed E-state index contributed by atoms with van der Waals surface area (Å²) < 4.78 is 0. The van der Waals surface area contributed by atoms with Crippen molar-refractivity contribution < 1.29 is 9.69 Å². The van der Waals surface area contributed by atoms with Gasteiger partial charge in [0.2, 0.25) is 5.91 Å². The van der Waals surface area contributed by atoms with E-state index in [0.29, 0.717) is 6.54 Å². The molecule has 0 heterocycles. The first-order valence-electron chi connectivity index (χ1n) is 7.48. The van der Waals surface area contributed by atoms with Crippen molar-refractivity contribution in [2.75, 3.05) is 39.6 Å². The van der Waals surface area contributed by atoms with E-state index >= 15 is 0 Å². The Bertz CT molecular complexity index is 458. The van der Waals surface area contributed by atoms with Crippen LogP contribution in [-0.2, 0) is 4.79 Å². The topological polar surface area (TPSA) is 36.8 Å². The van der Waals surface area contributed by atoms with Gasteiger partial charge in [-0.2, -0.15) is 0 Å². The molecule has 1 aromatic carbocycles. The fourth-order valence-corrected chi connectivity index (χ4v) is 2.12. The van der Waals surface area contributed by atoms with E-state index in [0.717, 1.165) is 0 Å². The third kappa shape index (κ3) is 5.05. The predicted octanol–water partition coefficient (Wildman–Crippen LogP) is 1.10. The Labute approximate surface area is 129 Å². The summed E-state index contributed by atoms with van der Waals surface area (Å²) in [6.45, 7) is 6.46. The number of hydrogen-bond donors (Lipinski definition) is 2. The first-order valence-corrected chi connectivity index (χ1v) is 7.48. The fourth-order valence-electron chi connectivity index (χ4n) is 2.12. The van der Waals surface area contributed by atoms with Crippen LogP contribution in [0, 0.1) is 5.41 Å². The molecule has 21 heavy (non-hydrogen) atoms. The SMILES string of the molecule is CN(C)c1ccc([C@H](CNC(=O)C(C)(C)C)[NH+](C)C)cc1. The van der Waals surface area contributed by atoms with E-state index in [1.54, 1.807) is 0 Å². The predicted molar refractivity (Wildman–Crippen MR) is 88.8 cm³/mol. The largest absolute Gasteiger partial charge is 0.378 e. The van der Waals surface area contributed by atoms with E-state index in [1.807, 2.05) is 34.9 Å². The molecule has 0 aliphatic rings. The summed E-state index contributed by atoms with van der Waals surface area (Å²) >= 11 is 0. The third-order valence-electron chi connectivity index (χ3n) is 3.66. The molecule has 1 aromatic rings. The number of carbonyl (C=O) groups excluding carboxylic acids is 1. The van der Waals surface area contributed by atoms with Crippen LogP contribution in [-0.4, -0.2) is 40.6 Å². The second-order valence-corrected chi connectivity index (χ2v) is 7.08. The maximum Gasteiger partial charge on any atom is 0.225 e. The van der Waals surface area contributed by atoms with Crippen molar-refractivity contribution in [2.45, 2.75) is 26.8 Å². The number of hydrogen-bond acceptors (Lipinski definition) is 2. The van der Waals surface area contributed by atoms with Crippen LogP contribution in [0.2, 0.25) is 0 Å². The first-order chi connectivity index (χ1) is 9.62. The Morgan fingerprint density at radius 1 is 1.19 bits per heavy atom. The van der Waals surface area contributed by atoms with Crippen LogP contribution in [0.25, 0.3) is 0 Å². The minimum atomic E-state index is -0.346. The minimum absolute atomic E-state index is 0.0960. The Hall–Kier alpha value is -1.55. The molecule has 1 rings (SSSR count). The molecule has 0 radical (unpaired) electrons. The zero-order valence-electron chi connectivity index (χ0n) is 14.4. The highest BCUT2D eigenvalue weighted by Gasteiger charge is 2.24. The lowest BCUT2D eigenvalue weighted by molar-refractivity contribution is -0.890. The Kier molecular flexibility index (Phi) is 5.78. The van der Waals surface area contributed by atoms with Gasteiger partial charge in [0, 0.05) is 30.8 Å². The Morgan fingerprint density at radius 3 is 2.10 bits per heavy atom. The van der Waals surface area contributed by atoms with Crippen LogP contribution in [0.3, 0.4) is 0 Å². The van der Waals surface area contributed by atoms with Crippen LogP contribution in [0.15, 0.2) is 24.3 Å². The minimum Gasteiger partial charge on any atom is -0.378 e. The number of nitrogens with zero attached hydrogens (tertiary/aromatic N) is 1. The molecule has 0 spiro atoms. The molecule has 0 aliphatic carbocycles. The smallest absolute Gasteiger partial charge is 0.225 e. The summed E-state index contributed by atoms with van der Waals surface area (Å²) in [5.74, 6) is 0.0960. The number of nitrogens with one attached hydrogen (secondary N) is 2. The molecule has 0 unspecified atom stereocenters. The zero-order chi connectivity index (χ0) is 16.2. The Balaban J connectivity index is 2.80. The fraction of sp³-hybridized carbons (Fsp3) is 0.588. The second-order valence-electron chi connectivity index (χ2n) is 7.08. The first kappa shape index (κ1) is 17.5. The van der Waals surface area contributed by atoms with Gasteiger partial charge in [-0.15, -0.1) is 0 Å². The number of carbonyl (C=O) groups is 1. The van der Waals surface area contributed by atoms with E-state index in [2.05, 4.69) is 48.6 Å². The van der Waals surface area contributed by atoms with Gasteiger partial charge >= 0.3 is 0 Å². The molecule has 0 aliphatic heterocycles. The van der Waals surface area contributed by atoms with Crippen LogP contribution < -0.4 is 15.1 Å². The van der Waals surface area contributed by atoms with Gasteiger partial charge in [-0.05, 0) is 12.1 Å². The van der Waals surface area contributed by atoms with Gasteiger partial charge < -0.3 is 15.1 Å². The molecular weight excluding hydrogens is 262 g/mol. The normalized spacial score (nSPS) is 13.1. The molecular formula is C17H30N3O+. The molecule has 1 amide bonds. The molecule has 1 atom stereocenters. The number of anilines is 1. The summed E-state index contributed by atoms with van der Waals surface area (Å²) in [4.78, 5) is 15.4. The van der Waals surface area contributed by atoms with Crippen molar-refractivity contribution >= 4 is 11.6 Å². The van der Waals surface area contributed by atoms with Crippen molar-refractivity contribution in [3.8, 4) is 0 Å². The maximum absolute atomic E-state index is 12.0. The highest BCUT2D eigenvalue weighted by atomic mass is 16.2. The number of amides is 1. The molecule has 0 aromatic heterocycles. The summed E-state index contributed by atoms with van der Waals surface area (Å²) in [5.41, 5.74) is 2.08. The lowest BCUT2D eigenvalue weighted by atomic mass is 9.95. The van der Waals surface area contributed by atoms with E-state index in [4.69, 9.17) is 0 Å². The van der Waals surface area contributed by atoms with Gasteiger partial charge in [0.15, 0.2) is 0 Å².